The van der Waals surface area contributed by atoms with Crippen LogP contribution in [0.25, 0.3) is 0 Å². The van der Waals surface area contributed by atoms with Crippen LogP contribution in [0.4, 0.5) is 5.95 Å². The van der Waals surface area contributed by atoms with Crippen molar-refractivity contribution in [2.45, 2.75) is 18.6 Å². The molecule has 4 rings (SSSR count). The fourth-order valence-electron chi connectivity index (χ4n) is 4.11. The molecule has 3 heterocycles. The number of anilines is 1. The number of benzene rings is 1. The van der Waals surface area contributed by atoms with E-state index in [0.717, 1.165) is 12.0 Å². The van der Waals surface area contributed by atoms with E-state index >= 15 is 0 Å². The van der Waals surface area contributed by atoms with Crippen LogP contribution in [0.2, 0.25) is 0 Å². The summed E-state index contributed by atoms with van der Waals surface area (Å²) in [6, 6.07) is 11.0. The predicted octanol–water partition coefficient (Wildman–Crippen LogP) is 1.37. The van der Waals surface area contributed by atoms with Crippen molar-refractivity contribution in [1.29, 1.82) is 0 Å². The van der Waals surface area contributed by atoms with E-state index < -0.39 is 10.0 Å². The smallest absolute Gasteiger partial charge is 0.227 e. The number of aromatic nitrogens is 2. The quantitative estimate of drug-likeness (QED) is 0.714. The Morgan fingerprint density at radius 1 is 0.967 bits per heavy atom. The van der Waals surface area contributed by atoms with E-state index in [1.54, 1.807) is 18.5 Å². The van der Waals surface area contributed by atoms with Crippen LogP contribution >= 0.6 is 0 Å². The number of piperidine rings is 1. The van der Waals surface area contributed by atoms with Gasteiger partial charge in [0.2, 0.25) is 21.9 Å². The predicted molar refractivity (Wildman–Crippen MR) is 114 cm³/mol. The van der Waals surface area contributed by atoms with Crippen molar-refractivity contribution >= 4 is 21.9 Å². The first-order valence-corrected chi connectivity index (χ1v) is 12.0. The lowest BCUT2D eigenvalue weighted by atomic mass is 9.98. The molecule has 1 amide bonds. The van der Waals surface area contributed by atoms with E-state index in [-0.39, 0.29) is 24.1 Å². The summed E-state index contributed by atoms with van der Waals surface area (Å²) >= 11 is 0. The molecule has 0 unspecified atom stereocenters. The number of carbonyl (C=O) groups is 1. The Kier molecular flexibility index (Phi) is 6.29. The van der Waals surface area contributed by atoms with E-state index in [4.69, 9.17) is 0 Å². The maximum absolute atomic E-state index is 13.1. The Balaban J connectivity index is 1.35. The van der Waals surface area contributed by atoms with Gasteiger partial charge in [-0.25, -0.2) is 22.7 Å². The summed E-state index contributed by atoms with van der Waals surface area (Å²) in [5.74, 6) is 0.442. The van der Waals surface area contributed by atoms with Crippen LogP contribution in [-0.2, 0) is 20.6 Å². The van der Waals surface area contributed by atoms with Crippen LogP contribution in [0.1, 0.15) is 18.4 Å². The molecular weight excluding hydrogens is 402 g/mol. The molecule has 0 radical (unpaired) electrons. The van der Waals surface area contributed by atoms with Crippen molar-refractivity contribution < 1.29 is 13.2 Å². The largest absolute Gasteiger partial charge is 0.339 e. The summed E-state index contributed by atoms with van der Waals surface area (Å²) < 4.78 is 27.3. The number of hydrogen-bond donors (Lipinski definition) is 0. The van der Waals surface area contributed by atoms with Gasteiger partial charge in [-0.15, -0.1) is 0 Å². The SMILES string of the molecule is O=C([C@@H]1CCCN(S(=O)(=O)Cc2ccccc2)C1)N1CCN(c2ncccn2)CC1. The van der Waals surface area contributed by atoms with Crippen LogP contribution in [0.3, 0.4) is 0 Å². The molecule has 0 N–H and O–H groups in total. The van der Waals surface area contributed by atoms with Crippen LogP contribution in [0.15, 0.2) is 48.8 Å². The average Bonchev–Trinajstić information content (AvgIpc) is 2.80. The molecule has 1 aromatic carbocycles. The summed E-state index contributed by atoms with van der Waals surface area (Å²) in [5, 5.41) is 0. The second kappa shape index (κ2) is 9.09. The monoisotopic (exact) mass is 429 g/mol. The minimum absolute atomic E-state index is 0.0233. The highest BCUT2D eigenvalue weighted by molar-refractivity contribution is 7.88. The van der Waals surface area contributed by atoms with Crippen LogP contribution < -0.4 is 4.90 Å². The van der Waals surface area contributed by atoms with E-state index in [1.807, 2.05) is 35.2 Å². The van der Waals surface area contributed by atoms with Gasteiger partial charge in [0.05, 0.1) is 11.7 Å². The molecule has 2 aliphatic rings. The van der Waals surface area contributed by atoms with Crippen molar-refractivity contribution in [3.8, 4) is 0 Å². The Bertz CT molecular complexity index is 947. The molecule has 160 valence electrons. The molecular formula is C21H27N5O3S. The molecule has 2 fully saturated rings. The van der Waals surface area contributed by atoms with Crippen molar-refractivity contribution in [2.24, 2.45) is 5.92 Å². The lowest BCUT2D eigenvalue weighted by molar-refractivity contribution is -0.137. The highest BCUT2D eigenvalue weighted by Gasteiger charge is 2.35. The van der Waals surface area contributed by atoms with Crippen molar-refractivity contribution in [2.75, 3.05) is 44.2 Å². The van der Waals surface area contributed by atoms with Gasteiger partial charge in [0.1, 0.15) is 0 Å². The summed E-state index contributed by atoms with van der Waals surface area (Å²) in [6.07, 6.45) is 4.87. The zero-order chi connectivity index (χ0) is 21.0. The summed E-state index contributed by atoms with van der Waals surface area (Å²) in [6.45, 7) is 3.32. The summed E-state index contributed by atoms with van der Waals surface area (Å²) in [4.78, 5) is 25.6. The highest BCUT2D eigenvalue weighted by Crippen LogP contribution is 2.24. The number of carbonyl (C=O) groups excluding carboxylic acids is 1. The highest BCUT2D eigenvalue weighted by atomic mass is 32.2. The zero-order valence-electron chi connectivity index (χ0n) is 16.9. The number of amides is 1. The molecule has 1 atom stereocenters. The maximum Gasteiger partial charge on any atom is 0.227 e. The normalized spacial score (nSPS) is 20.9. The maximum atomic E-state index is 13.1. The van der Waals surface area contributed by atoms with E-state index in [0.29, 0.717) is 45.1 Å². The number of hydrogen-bond acceptors (Lipinski definition) is 6. The Labute approximate surface area is 177 Å². The first-order valence-electron chi connectivity index (χ1n) is 10.4. The lowest BCUT2D eigenvalue weighted by Gasteiger charge is -2.38. The van der Waals surface area contributed by atoms with Crippen molar-refractivity contribution in [1.82, 2.24) is 19.2 Å². The van der Waals surface area contributed by atoms with Crippen LogP contribution in [0.5, 0.6) is 0 Å². The molecule has 0 saturated carbocycles. The molecule has 0 spiro atoms. The molecule has 2 aliphatic heterocycles. The summed E-state index contributed by atoms with van der Waals surface area (Å²) in [5.41, 5.74) is 0.769. The van der Waals surface area contributed by atoms with Crippen LogP contribution in [-0.4, -0.2) is 72.8 Å². The summed E-state index contributed by atoms with van der Waals surface area (Å²) in [7, 11) is -3.44. The van der Waals surface area contributed by atoms with E-state index in [9.17, 15) is 13.2 Å². The standard InChI is InChI=1S/C21H27N5O3S/c27-20(24-12-14-25(15-13-24)21-22-9-5-10-23-21)19-8-4-11-26(16-19)30(28,29)17-18-6-2-1-3-7-18/h1-3,5-7,9-10,19H,4,8,11-17H2/t19-/m1/s1. The molecule has 1 aromatic heterocycles. The number of nitrogens with zero attached hydrogens (tertiary/aromatic N) is 5. The van der Waals surface area contributed by atoms with E-state index in [1.165, 1.54) is 4.31 Å². The van der Waals surface area contributed by atoms with Gasteiger partial charge in [-0.2, -0.15) is 0 Å². The number of rotatable bonds is 5. The third kappa shape index (κ3) is 4.79. The molecule has 2 aromatic rings. The molecule has 0 bridgehead atoms. The van der Waals surface area contributed by atoms with Crippen LogP contribution in [0, 0.1) is 5.92 Å². The average molecular weight is 430 g/mol. The third-order valence-electron chi connectivity index (χ3n) is 5.74. The number of sulfonamides is 1. The van der Waals surface area contributed by atoms with Crippen molar-refractivity contribution in [3.63, 3.8) is 0 Å². The topological polar surface area (TPSA) is 86.7 Å². The van der Waals surface area contributed by atoms with Gasteiger partial charge in [0.15, 0.2) is 0 Å². The van der Waals surface area contributed by atoms with Gasteiger partial charge in [-0.3, -0.25) is 4.79 Å². The molecule has 9 heteroatoms. The van der Waals surface area contributed by atoms with Gasteiger partial charge in [0.25, 0.3) is 0 Å². The number of piperazine rings is 1. The Morgan fingerprint density at radius 3 is 2.37 bits per heavy atom. The fraction of sp³-hybridized carbons (Fsp3) is 0.476. The fourth-order valence-corrected chi connectivity index (χ4v) is 5.72. The Morgan fingerprint density at radius 2 is 1.67 bits per heavy atom. The molecule has 30 heavy (non-hydrogen) atoms. The van der Waals surface area contributed by atoms with Gasteiger partial charge in [-0.05, 0) is 24.5 Å². The zero-order valence-corrected chi connectivity index (χ0v) is 17.7. The second-order valence-electron chi connectivity index (χ2n) is 7.80. The minimum Gasteiger partial charge on any atom is -0.339 e. The first kappa shape index (κ1) is 20.7. The molecule has 2 saturated heterocycles. The third-order valence-corrected chi connectivity index (χ3v) is 7.56. The van der Waals surface area contributed by atoms with Gasteiger partial charge >= 0.3 is 0 Å². The second-order valence-corrected chi connectivity index (χ2v) is 9.77. The Hall–Kier alpha value is -2.52. The van der Waals surface area contributed by atoms with E-state index in [2.05, 4.69) is 14.9 Å². The van der Waals surface area contributed by atoms with Gasteiger partial charge < -0.3 is 9.80 Å². The lowest BCUT2D eigenvalue weighted by Crippen LogP contribution is -2.53. The van der Waals surface area contributed by atoms with Gasteiger partial charge in [-0.1, -0.05) is 30.3 Å². The molecule has 8 nitrogen and oxygen atoms in total. The molecule has 0 aliphatic carbocycles. The first-order chi connectivity index (χ1) is 14.5. The minimum atomic E-state index is -3.44. The van der Waals surface area contributed by atoms with Crippen molar-refractivity contribution in [3.05, 3.63) is 54.4 Å². The van der Waals surface area contributed by atoms with Gasteiger partial charge in [0, 0.05) is 51.7 Å².